The van der Waals surface area contributed by atoms with Crippen molar-refractivity contribution in [2.75, 3.05) is 13.7 Å². The number of ether oxygens (including phenoxy) is 1. The van der Waals surface area contributed by atoms with E-state index in [1.165, 1.54) is 31.2 Å². The number of tetrazole rings is 1. The van der Waals surface area contributed by atoms with Crippen molar-refractivity contribution in [2.45, 2.75) is 50.8 Å². The molecule has 2 aromatic heterocycles. The highest BCUT2D eigenvalue weighted by Crippen LogP contribution is 2.25. The van der Waals surface area contributed by atoms with Gasteiger partial charge in [-0.2, -0.15) is 13.2 Å². The van der Waals surface area contributed by atoms with Crippen LogP contribution in [0.15, 0.2) is 41.3 Å². The normalized spacial score (nSPS) is 14.2. The highest BCUT2D eigenvalue weighted by Gasteiger charge is 2.20. The van der Waals surface area contributed by atoms with Crippen LogP contribution in [0.2, 0.25) is 0 Å². The molecule has 1 aliphatic rings. The summed E-state index contributed by atoms with van der Waals surface area (Å²) in [7, 11) is -0.592. The second kappa shape index (κ2) is 12.0. The zero-order chi connectivity index (χ0) is 25.4. The van der Waals surface area contributed by atoms with E-state index in [2.05, 4.69) is 25.1 Å². The Labute approximate surface area is 205 Å². The smallest absolute Gasteiger partial charge is 0.356 e. The van der Waals surface area contributed by atoms with Crippen molar-refractivity contribution in [3.8, 4) is 11.4 Å². The van der Waals surface area contributed by atoms with Gasteiger partial charge in [0.05, 0.1) is 25.7 Å². The van der Waals surface area contributed by atoms with Crippen LogP contribution < -0.4 is 0 Å². The molecule has 0 spiro atoms. The summed E-state index contributed by atoms with van der Waals surface area (Å²) in [5.41, 5.74) is 2.65. The summed E-state index contributed by atoms with van der Waals surface area (Å²) in [6.07, 6.45) is 5.82. The van der Waals surface area contributed by atoms with E-state index < -0.39 is 16.1 Å². The Morgan fingerprint density at radius 2 is 1.77 bits per heavy atom. The Hall–Kier alpha value is -3.18. The number of hydrogen-bond donors (Lipinski definition) is 0. The molecule has 1 fully saturated rings. The van der Waals surface area contributed by atoms with E-state index in [9.17, 15) is 13.2 Å². The third kappa shape index (κ3) is 7.66. The lowest BCUT2D eigenvalue weighted by molar-refractivity contribution is 0.0594. The Morgan fingerprint density at radius 1 is 1.09 bits per heavy atom. The average Bonchev–Trinajstić information content (AvgIpc) is 3.29. The maximum absolute atomic E-state index is 12.0. The van der Waals surface area contributed by atoms with Crippen LogP contribution in [0.4, 0.5) is 0 Å². The number of carbonyl (C=O) groups is 1. The molecule has 10 nitrogen and oxygen atoms in total. The maximum atomic E-state index is 12.0. The Balaban J connectivity index is 0.000000196. The molecular formula is C24H31N5O5S. The summed E-state index contributed by atoms with van der Waals surface area (Å²) in [6.45, 7) is 4.04. The second-order valence-corrected chi connectivity index (χ2v) is 10.1. The number of aryl methyl sites for hydroxylation is 3. The van der Waals surface area contributed by atoms with Gasteiger partial charge in [-0.15, -0.1) is 10.2 Å². The van der Waals surface area contributed by atoms with E-state index in [1.54, 1.807) is 50.4 Å². The van der Waals surface area contributed by atoms with Gasteiger partial charge in [0.2, 0.25) is 5.82 Å². The van der Waals surface area contributed by atoms with Crippen molar-refractivity contribution < 1.29 is 22.1 Å². The van der Waals surface area contributed by atoms with Gasteiger partial charge in [0, 0.05) is 11.3 Å². The molecular weight excluding hydrogens is 470 g/mol. The van der Waals surface area contributed by atoms with Crippen LogP contribution in [0.3, 0.4) is 0 Å². The standard InChI is InChI=1S/C14H20O3S.C10H11N5O2/c1-12-7-9-14(10-8-12)18(15,16)17-11-13-5-3-2-4-6-13;1-6-4-7(9-12-14-15(2)13-9)5-8(11-6)10(16)17-3/h7-10,13H,2-6,11H2,1H3;4-5H,1-3H3. The van der Waals surface area contributed by atoms with Crippen molar-refractivity contribution in [2.24, 2.45) is 13.0 Å². The number of methoxy groups -OCH3 is 1. The van der Waals surface area contributed by atoms with E-state index in [4.69, 9.17) is 4.18 Å². The maximum Gasteiger partial charge on any atom is 0.356 e. The minimum atomic E-state index is -3.58. The van der Waals surface area contributed by atoms with Crippen LogP contribution in [-0.2, 0) is 26.1 Å². The number of hydrogen-bond acceptors (Lipinski definition) is 9. The van der Waals surface area contributed by atoms with Crippen molar-refractivity contribution in [1.29, 1.82) is 0 Å². The van der Waals surface area contributed by atoms with Crippen LogP contribution in [0.5, 0.6) is 0 Å². The first-order valence-corrected chi connectivity index (χ1v) is 12.9. The van der Waals surface area contributed by atoms with E-state index in [1.807, 2.05) is 6.92 Å². The van der Waals surface area contributed by atoms with Crippen LogP contribution >= 0.6 is 0 Å². The summed E-state index contributed by atoms with van der Waals surface area (Å²) in [4.78, 5) is 17.1. The fourth-order valence-corrected chi connectivity index (χ4v) is 4.70. The van der Waals surface area contributed by atoms with E-state index >= 15 is 0 Å². The largest absolute Gasteiger partial charge is 0.464 e. The van der Waals surface area contributed by atoms with Gasteiger partial charge in [0.15, 0.2) is 0 Å². The number of nitrogens with zero attached hydrogens (tertiary/aromatic N) is 5. The molecule has 1 aliphatic carbocycles. The number of rotatable bonds is 6. The van der Waals surface area contributed by atoms with E-state index in [0.717, 1.165) is 18.4 Å². The lowest BCUT2D eigenvalue weighted by Gasteiger charge is -2.20. The predicted molar refractivity (Wildman–Crippen MR) is 129 cm³/mol. The van der Waals surface area contributed by atoms with Gasteiger partial charge in [-0.1, -0.05) is 37.0 Å². The topological polar surface area (TPSA) is 126 Å². The molecule has 4 rings (SSSR count). The molecule has 188 valence electrons. The zero-order valence-corrected chi connectivity index (χ0v) is 21.3. The fraction of sp³-hybridized carbons (Fsp3) is 0.458. The molecule has 0 unspecified atom stereocenters. The molecule has 0 atom stereocenters. The summed E-state index contributed by atoms with van der Waals surface area (Å²) in [5.74, 6) is 0.362. The fourth-order valence-electron chi connectivity index (χ4n) is 3.72. The Kier molecular flexibility index (Phi) is 9.05. The van der Waals surface area contributed by atoms with Crippen LogP contribution in [0, 0.1) is 19.8 Å². The number of pyridine rings is 1. The summed E-state index contributed by atoms with van der Waals surface area (Å²) in [5, 5.41) is 11.7. The highest BCUT2D eigenvalue weighted by molar-refractivity contribution is 7.86. The summed E-state index contributed by atoms with van der Waals surface area (Å²) >= 11 is 0. The molecule has 0 radical (unpaired) electrons. The average molecular weight is 502 g/mol. The third-order valence-corrected chi connectivity index (χ3v) is 6.90. The first-order valence-electron chi connectivity index (χ1n) is 11.5. The number of esters is 1. The molecule has 35 heavy (non-hydrogen) atoms. The molecule has 0 N–H and O–H groups in total. The number of carbonyl (C=O) groups excluding carboxylic acids is 1. The first kappa shape index (κ1) is 26.4. The molecule has 1 saturated carbocycles. The van der Waals surface area contributed by atoms with Gasteiger partial charge in [-0.05, 0) is 62.1 Å². The monoisotopic (exact) mass is 501 g/mol. The minimum Gasteiger partial charge on any atom is -0.464 e. The predicted octanol–water partition coefficient (Wildman–Crippen LogP) is 3.65. The minimum absolute atomic E-state index is 0.231. The number of benzene rings is 1. The molecule has 0 aliphatic heterocycles. The van der Waals surface area contributed by atoms with Crippen molar-refractivity contribution in [3.63, 3.8) is 0 Å². The lowest BCUT2D eigenvalue weighted by atomic mass is 9.90. The molecule has 2 heterocycles. The van der Waals surface area contributed by atoms with E-state index in [0.29, 0.717) is 29.6 Å². The Bertz CT molecular complexity index is 1240. The molecule has 0 saturated heterocycles. The summed E-state index contributed by atoms with van der Waals surface area (Å²) < 4.78 is 33.7. The molecule has 11 heteroatoms. The van der Waals surface area contributed by atoms with Gasteiger partial charge >= 0.3 is 5.97 Å². The van der Waals surface area contributed by atoms with Crippen LogP contribution in [0.25, 0.3) is 11.4 Å². The van der Waals surface area contributed by atoms with Gasteiger partial charge in [0.1, 0.15) is 5.69 Å². The molecule has 1 aromatic carbocycles. The van der Waals surface area contributed by atoms with E-state index in [-0.39, 0.29) is 10.6 Å². The number of aromatic nitrogens is 5. The zero-order valence-electron chi connectivity index (χ0n) is 20.5. The van der Waals surface area contributed by atoms with Crippen molar-refractivity contribution >= 4 is 16.1 Å². The molecule has 0 bridgehead atoms. The Morgan fingerprint density at radius 3 is 2.37 bits per heavy atom. The first-order chi connectivity index (χ1) is 16.7. The van der Waals surface area contributed by atoms with Gasteiger partial charge in [-0.3, -0.25) is 4.18 Å². The van der Waals surface area contributed by atoms with Crippen LogP contribution in [-0.4, -0.2) is 53.3 Å². The van der Waals surface area contributed by atoms with Crippen molar-refractivity contribution in [3.05, 3.63) is 53.3 Å². The van der Waals surface area contributed by atoms with Crippen molar-refractivity contribution in [1.82, 2.24) is 25.2 Å². The lowest BCUT2D eigenvalue weighted by Crippen LogP contribution is -2.17. The second-order valence-electron chi connectivity index (χ2n) is 8.53. The third-order valence-electron chi connectivity index (χ3n) is 5.61. The molecule has 3 aromatic rings. The molecule has 0 amide bonds. The van der Waals surface area contributed by atoms with Gasteiger partial charge in [0.25, 0.3) is 10.1 Å². The van der Waals surface area contributed by atoms with Gasteiger partial charge in [-0.25, -0.2) is 9.78 Å². The quantitative estimate of drug-likeness (QED) is 0.367. The highest BCUT2D eigenvalue weighted by atomic mass is 32.2. The summed E-state index contributed by atoms with van der Waals surface area (Å²) in [6, 6.07) is 10.1. The SMILES string of the molecule is COC(=O)c1cc(-c2nnn(C)n2)cc(C)n1.Cc1ccc(S(=O)(=O)OCC2CCCCC2)cc1. The van der Waals surface area contributed by atoms with Gasteiger partial charge < -0.3 is 4.74 Å². The van der Waals surface area contributed by atoms with Crippen LogP contribution in [0.1, 0.15) is 53.8 Å².